The molecule has 1 radical (unpaired) electrons. The first-order chi connectivity index (χ1) is 18.9. The van der Waals surface area contributed by atoms with Crippen LogP contribution in [0.15, 0.2) is 72.0 Å². The first-order valence-corrected chi connectivity index (χ1v) is 13.0. The summed E-state index contributed by atoms with van der Waals surface area (Å²) in [6.07, 6.45) is 6.33. The van der Waals surface area contributed by atoms with Gasteiger partial charge in [0.25, 0.3) is 5.84 Å². The molecule has 0 bridgehead atoms. The zero-order chi connectivity index (χ0) is 27.4. The lowest BCUT2D eigenvalue weighted by molar-refractivity contribution is -0.148. The summed E-state index contributed by atoms with van der Waals surface area (Å²) in [5.41, 5.74) is 11.7. The number of nitrogens with two attached hydrogens (primary N) is 2. The summed E-state index contributed by atoms with van der Waals surface area (Å²) < 4.78 is 7.08. The molecule has 2 heterocycles. The summed E-state index contributed by atoms with van der Waals surface area (Å²) in [5, 5.41) is 10.1. The van der Waals surface area contributed by atoms with E-state index in [9.17, 15) is 4.79 Å². The molecule has 1 aliphatic rings. The van der Waals surface area contributed by atoms with Gasteiger partial charge in [-0.3, -0.25) is 16.1 Å². The number of oxime groups is 1. The van der Waals surface area contributed by atoms with Gasteiger partial charge in [0.1, 0.15) is 11.5 Å². The van der Waals surface area contributed by atoms with Crippen molar-refractivity contribution in [1.82, 2.24) is 14.5 Å². The Balaban J connectivity index is 1.40. The summed E-state index contributed by atoms with van der Waals surface area (Å²) in [5.74, 6) is 0.809. The van der Waals surface area contributed by atoms with E-state index in [0.717, 1.165) is 52.1 Å². The number of amidine groups is 1. The van der Waals surface area contributed by atoms with E-state index in [1.807, 2.05) is 49.5 Å². The molecule has 0 spiro atoms. The van der Waals surface area contributed by atoms with E-state index in [1.165, 1.54) is 0 Å². The Kier molecular flexibility index (Phi) is 7.40. The highest BCUT2D eigenvalue weighted by molar-refractivity contribution is 6.08. The summed E-state index contributed by atoms with van der Waals surface area (Å²) in [6, 6.07) is 19.9. The van der Waals surface area contributed by atoms with Crippen molar-refractivity contribution in [2.75, 3.05) is 13.2 Å². The van der Waals surface area contributed by atoms with Crippen LogP contribution in [-0.2, 0) is 33.3 Å². The van der Waals surface area contributed by atoms with Gasteiger partial charge in [-0.1, -0.05) is 29.4 Å². The molecule has 2 aromatic carbocycles. The zero-order valence-electron chi connectivity index (χ0n) is 22.1. The van der Waals surface area contributed by atoms with Gasteiger partial charge in [0.05, 0.1) is 28.9 Å². The molecule has 0 amide bonds. The van der Waals surface area contributed by atoms with Crippen LogP contribution in [-0.4, -0.2) is 45.3 Å². The molecule has 1 saturated carbocycles. The maximum absolute atomic E-state index is 11.8. The molecule has 9 nitrogen and oxygen atoms in total. The molecule has 9 heteroatoms. The van der Waals surface area contributed by atoms with E-state index >= 15 is 0 Å². The van der Waals surface area contributed by atoms with Gasteiger partial charge in [-0.15, -0.1) is 0 Å². The molecular formula is C30H32N6O3+. The number of rotatable bonds is 11. The van der Waals surface area contributed by atoms with Gasteiger partial charge >= 0.3 is 5.97 Å². The Labute approximate surface area is 227 Å². The third-order valence-electron chi connectivity index (χ3n) is 7.04. The van der Waals surface area contributed by atoms with Gasteiger partial charge in [0, 0.05) is 25.1 Å². The number of imidazole rings is 1. The number of carbonyl (C=O) groups excluding carboxylic acids is 1. The number of benzene rings is 2. The van der Waals surface area contributed by atoms with Crippen LogP contribution >= 0.6 is 0 Å². The average molecular weight is 525 g/mol. The van der Waals surface area contributed by atoms with E-state index in [0.29, 0.717) is 24.6 Å². The quantitative estimate of drug-likeness (QED) is 0.134. The van der Waals surface area contributed by atoms with E-state index in [4.69, 9.17) is 25.7 Å². The van der Waals surface area contributed by atoms with Crippen LogP contribution < -0.4 is 11.1 Å². The molecule has 0 saturated heterocycles. The van der Waals surface area contributed by atoms with Crippen LogP contribution in [0, 0.1) is 6.42 Å². The lowest BCUT2D eigenvalue weighted by atomic mass is 9.88. The molecule has 199 valence electrons. The maximum Gasteiger partial charge on any atom is 0.347 e. The van der Waals surface area contributed by atoms with E-state index in [-0.39, 0.29) is 12.0 Å². The zero-order valence-corrected chi connectivity index (χ0v) is 22.1. The number of aromatic nitrogens is 3. The maximum atomic E-state index is 11.8. The minimum absolute atomic E-state index is 0.250. The van der Waals surface area contributed by atoms with Crippen molar-refractivity contribution >= 4 is 28.6 Å². The highest BCUT2D eigenvalue weighted by Gasteiger charge is 2.50. The molecule has 1 fully saturated rings. The van der Waals surface area contributed by atoms with Gasteiger partial charge in [-0.05, 0) is 73.7 Å². The number of nitrogens with zero attached hydrogens (tertiary/aromatic N) is 4. The van der Waals surface area contributed by atoms with Gasteiger partial charge in [-0.2, -0.15) is 0 Å². The summed E-state index contributed by atoms with van der Waals surface area (Å²) in [6.45, 7) is 1.80. The second-order valence-corrected chi connectivity index (χ2v) is 9.59. The SMILES string of the molecule is CCOC(=O)CO/N=C(\c1ccccn1)C1(c2ccc3c(c2)nc(C[CH]c2ccc(C(N)=[NH2+])cc2)n3C)CC1. The van der Waals surface area contributed by atoms with Crippen molar-refractivity contribution in [1.29, 1.82) is 0 Å². The number of carbonyl (C=O) groups is 1. The monoisotopic (exact) mass is 524 g/mol. The first kappa shape index (κ1) is 26.1. The molecule has 39 heavy (non-hydrogen) atoms. The highest BCUT2D eigenvalue weighted by Crippen LogP contribution is 2.51. The second-order valence-electron chi connectivity index (χ2n) is 9.59. The van der Waals surface area contributed by atoms with Crippen LogP contribution in [0.5, 0.6) is 0 Å². The van der Waals surface area contributed by atoms with Crippen LogP contribution in [0.1, 0.15) is 48.0 Å². The third kappa shape index (κ3) is 5.52. The number of pyridine rings is 1. The molecule has 5 rings (SSSR count). The van der Waals surface area contributed by atoms with Crippen molar-refractivity contribution in [3.8, 4) is 0 Å². The van der Waals surface area contributed by atoms with Crippen molar-refractivity contribution < 1.29 is 19.8 Å². The van der Waals surface area contributed by atoms with E-state index in [2.05, 4.69) is 39.3 Å². The Morgan fingerprint density at radius 1 is 1.18 bits per heavy atom. The lowest BCUT2D eigenvalue weighted by Crippen LogP contribution is -2.46. The third-order valence-corrected chi connectivity index (χ3v) is 7.04. The Bertz CT molecular complexity index is 1520. The van der Waals surface area contributed by atoms with E-state index in [1.54, 1.807) is 13.1 Å². The fourth-order valence-corrected chi connectivity index (χ4v) is 4.77. The van der Waals surface area contributed by atoms with E-state index < -0.39 is 5.97 Å². The Morgan fingerprint density at radius 3 is 2.64 bits per heavy atom. The summed E-state index contributed by atoms with van der Waals surface area (Å²) in [7, 11) is 2.03. The number of fused-ring (bicyclic) bond motifs is 1. The molecule has 1 aliphatic carbocycles. The molecule has 0 aliphatic heterocycles. The molecule has 0 atom stereocenters. The normalized spacial score (nSPS) is 14.3. The van der Waals surface area contributed by atoms with Crippen LogP contribution in [0.2, 0.25) is 0 Å². The molecule has 0 unspecified atom stereocenters. The topological polar surface area (TPSA) is 130 Å². The molecular weight excluding hydrogens is 492 g/mol. The largest absolute Gasteiger partial charge is 0.463 e. The van der Waals surface area contributed by atoms with Crippen molar-refractivity contribution in [2.24, 2.45) is 17.9 Å². The number of hydrogen-bond donors (Lipinski definition) is 2. The van der Waals surface area contributed by atoms with Crippen LogP contribution in [0.25, 0.3) is 11.0 Å². The number of aryl methyl sites for hydroxylation is 1. The lowest BCUT2D eigenvalue weighted by Gasteiger charge is -2.18. The predicted molar refractivity (Wildman–Crippen MR) is 149 cm³/mol. The van der Waals surface area contributed by atoms with Gasteiger partial charge in [-0.25, -0.2) is 9.78 Å². The number of hydrogen-bond acceptors (Lipinski definition) is 6. The Hall–Kier alpha value is -4.53. The Morgan fingerprint density at radius 2 is 1.97 bits per heavy atom. The van der Waals surface area contributed by atoms with Gasteiger partial charge in [0.2, 0.25) is 6.61 Å². The van der Waals surface area contributed by atoms with Crippen molar-refractivity contribution in [3.05, 3.63) is 101 Å². The van der Waals surface area contributed by atoms with Crippen LogP contribution in [0.3, 0.4) is 0 Å². The molecule has 2 aromatic heterocycles. The van der Waals surface area contributed by atoms with Crippen molar-refractivity contribution in [3.63, 3.8) is 0 Å². The first-order valence-electron chi connectivity index (χ1n) is 13.0. The minimum Gasteiger partial charge on any atom is -0.463 e. The standard InChI is InChI=1S/C30H31N6O3/c1-3-38-27(37)19-39-35-28(23-6-4-5-17-33-23)30(15-16-30)22-12-13-25-24(18-22)34-26(36(25)2)14-9-20-7-10-21(11-8-20)29(31)32/h4-13,17-18H,3,14-16,19H2,1-2H3,(H3,31,32)/p+1/b35-28+. The summed E-state index contributed by atoms with van der Waals surface area (Å²) >= 11 is 0. The van der Waals surface area contributed by atoms with Crippen molar-refractivity contribution in [2.45, 2.75) is 31.6 Å². The highest BCUT2D eigenvalue weighted by atomic mass is 16.7. The molecule has 4 N–H and O–H groups in total. The fourth-order valence-electron chi connectivity index (χ4n) is 4.77. The predicted octanol–water partition coefficient (Wildman–Crippen LogP) is 2.24. The smallest absolute Gasteiger partial charge is 0.347 e. The van der Waals surface area contributed by atoms with Crippen LogP contribution in [0.4, 0.5) is 0 Å². The molecule has 4 aromatic rings. The summed E-state index contributed by atoms with van der Waals surface area (Å²) in [4.78, 5) is 26.7. The number of ether oxygens (including phenoxy) is 1. The number of esters is 1. The second kappa shape index (κ2) is 11.1. The minimum atomic E-state index is -0.455. The van der Waals surface area contributed by atoms with Gasteiger partial charge < -0.3 is 14.1 Å². The van der Waals surface area contributed by atoms with Gasteiger partial charge in [0.15, 0.2) is 0 Å². The fraction of sp³-hybridized carbons (Fsp3) is 0.267. The average Bonchev–Trinajstić information content (AvgIpc) is 3.69.